The first-order valence-electron chi connectivity index (χ1n) is 5.51. The summed E-state index contributed by atoms with van der Waals surface area (Å²) < 4.78 is 6.95. The molecule has 0 aromatic heterocycles. The number of ether oxygens (including phenoxy) is 1. The predicted molar refractivity (Wildman–Crippen MR) is 76.5 cm³/mol. The maximum atomic E-state index is 11.8. The highest BCUT2D eigenvalue weighted by Gasteiger charge is 2.29. The molecule has 0 N–H and O–H groups in total. The molecule has 0 aliphatic carbocycles. The van der Waals surface area contributed by atoms with Crippen LogP contribution in [0.25, 0.3) is 0 Å². The molecule has 0 bridgehead atoms. The highest BCUT2D eigenvalue weighted by Crippen LogP contribution is 2.31. The van der Waals surface area contributed by atoms with Crippen molar-refractivity contribution in [3.63, 3.8) is 0 Å². The van der Waals surface area contributed by atoms with Gasteiger partial charge in [0.25, 0.3) is 0 Å². The first-order chi connectivity index (χ1) is 8.13. The van der Waals surface area contributed by atoms with Crippen LogP contribution in [0.3, 0.4) is 0 Å². The summed E-state index contributed by atoms with van der Waals surface area (Å²) in [5.74, 6) is 1.08. The lowest BCUT2D eigenvalue weighted by molar-refractivity contribution is 0.199. The third kappa shape index (κ3) is 2.46. The van der Waals surface area contributed by atoms with E-state index in [9.17, 15) is 4.79 Å². The zero-order valence-electron chi connectivity index (χ0n) is 9.81. The monoisotopic (exact) mass is 343 g/mol. The van der Waals surface area contributed by atoms with Gasteiger partial charge in [0.2, 0.25) is 0 Å². The van der Waals surface area contributed by atoms with Crippen LogP contribution >= 0.6 is 22.6 Å². The number of para-hydroxylation sites is 1. The number of amides is 1. The van der Waals surface area contributed by atoms with Crippen molar-refractivity contribution in [2.45, 2.75) is 19.8 Å². The molecule has 0 atom stereocenters. The molecule has 0 saturated carbocycles. The van der Waals surface area contributed by atoms with Gasteiger partial charge >= 0.3 is 6.09 Å². The number of anilines is 1. The number of carbonyl (C=O) groups is 1. The quantitative estimate of drug-likeness (QED) is 0.759. The van der Waals surface area contributed by atoms with Crippen molar-refractivity contribution in [1.82, 2.24) is 0 Å². The van der Waals surface area contributed by atoms with Crippen LogP contribution in [0.15, 0.2) is 34.1 Å². The molecule has 0 radical (unpaired) electrons. The van der Waals surface area contributed by atoms with E-state index in [4.69, 9.17) is 4.74 Å². The standard InChI is InChI=1S/C13H14INO2/c1-9(2)11-5-3-4-6-12(11)15-8-10(7-14)17-13(15)16/h3-7,9H,8H2,1-2H3/b10-7-. The highest BCUT2D eigenvalue weighted by atomic mass is 127. The van der Waals surface area contributed by atoms with Crippen molar-refractivity contribution in [2.75, 3.05) is 11.4 Å². The molecule has 0 spiro atoms. The van der Waals surface area contributed by atoms with Gasteiger partial charge in [-0.15, -0.1) is 0 Å². The Kier molecular flexibility index (Phi) is 3.71. The fourth-order valence-electron chi connectivity index (χ4n) is 1.88. The minimum absolute atomic E-state index is 0.291. The van der Waals surface area contributed by atoms with Crippen molar-refractivity contribution in [3.05, 3.63) is 39.7 Å². The van der Waals surface area contributed by atoms with Crippen molar-refractivity contribution >= 4 is 34.4 Å². The normalized spacial score (nSPS) is 18.0. The lowest BCUT2D eigenvalue weighted by Gasteiger charge is -2.18. The molecule has 4 heteroatoms. The summed E-state index contributed by atoms with van der Waals surface area (Å²) >= 11 is 2.09. The second-order valence-corrected chi connectivity index (χ2v) is 4.87. The van der Waals surface area contributed by atoms with E-state index in [2.05, 4.69) is 42.5 Å². The molecule has 1 aromatic rings. The van der Waals surface area contributed by atoms with E-state index in [-0.39, 0.29) is 6.09 Å². The van der Waals surface area contributed by atoms with Gasteiger partial charge in [0.1, 0.15) is 5.76 Å². The summed E-state index contributed by atoms with van der Waals surface area (Å²) in [7, 11) is 0. The van der Waals surface area contributed by atoms with E-state index >= 15 is 0 Å². The Labute approximate surface area is 115 Å². The zero-order chi connectivity index (χ0) is 12.4. The third-order valence-electron chi connectivity index (χ3n) is 2.72. The molecule has 3 nitrogen and oxygen atoms in total. The Balaban J connectivity index is 2.38. The van der Waals surface area contributed by atoms with Gasteiger partial charge in [-0.2, -0.15) is 0 Å². The summed E-state index contributed by atoms with van der Waals surface area (Å²) in [6.45, 7) is 4.76. The molecule has 0 unspecified atom stereocenters. The van der Waals surface area contributed by atoms with Crippen molar-refractivity contribution in [2.24, 2.45) is 0 Å². The SMILES string of the molecule is CC(C)c1ccccc1N1C/C(=C/I)OC1=O. The van der Waals surface area contributed by atoms with Gasteiger partial charge in [0.15, 0.2) is 0 Å². The lowest BCUT2D eigenvalue weighted by Crippen LogP contribution is -2.24. The van der Waals surface area contributed by atoms with Crippen LogP contribution in [0.2, 0.25) is 0 Å². The van der Waals surface area contributed by atoms with Crippen LogP contribution in [-0.4, -0.2) is 12.6 Å². The molecule has 1 aliphatic rings. The van der Waals surface area contributed by atoms with Crippen molar-refractivity contribution in [3.8, 4) is 0 Å². The molecule has 2 rings (SSSR count). The first kappa shape index (κ1) is 12.4. The van der Waals surface area contributed by atoms with Crippen LogP contribution in [0.5, 0.6) is 0 Å². The van der Waals surface area contributed by atoms with E-state index in [0.717, 1.165) is 5.69 Å². The number of rotatable bonds is 2. The van der Waals surface area contributed by atoms with Crippen LogP contribution in [0.1, 0.15) is 25.3 Å². The predicted octanol–water partition coefficient (Wildman–Crippen LogP) is 4.04. The molecule has 1 aromatic carbocycles. The molecular weight excluding hydrogens is 329 g/mol. The molecule has 90 valence electrons. The van der Waals surface area contributed by atoms with E-state index in [1.165, 1.54) is 5.56 Å². The number of halogens is 1. The lowest BCUT2D eigenvalue weighted by atomic mass is 10.0. The van der Waals surface area contributed by atoms with Gasteiger partial charge in [-0.05, 0) is 40.1 Å². The maximum Gasteiger partial charge on any atom is 0.419 e. The van der Waals surface area contributed by atoms with Crippen molar-refractivity contribution in [1.29, 1.82) is 0 Å². The first-order valence-corrected chi connectivity index (χ1v) is 6.75. The Bertz CT molecular complexity index is 468. The fraction of sp³-hybridized carbons (Fsp3) is 0.308. The van der Waals surface area contributed by atoms with Gasteiger partial charge in [0, 0.05) is 4.08 Å². The minimum atomic E-state index is -0.291. The van der Waals surface area contributed by atoms with E-state index in [1.54, 1.807) is 8.98 Å². The van der Waals surface area contributed by atoms with Gasteiger partial charge in [-0.1, -0.05) is 32.0 Å². The van der Waals surface area contributed by atoms with E-state index in [0.29, 0.717) is 18.2 Å². The van der Waals surface area contributed by atoms with Gasteiger partial charge in [-0.25, -0.2) is 4.79 Å². The fourth-order valence-corrected chi connectivity index (χ4v) is 2.21. The molecule has 1 heterocycles. The Hall–Kier alpha value is -1.04. The summed E-state index contributed by atoms with van der Waals surface area (Å²) in [5.41, 5.74) is 2.11. The van der Waals surface area contributed by atoms with Crippen LogP contribution < -0.4 is 4.90 Å². The average Bonchev–Trinajstić information content (AvgIpc) is 2.70. The summed E-state index contributed by atoms with van der Waals surface area (Å²) in [4.78, 5) is 13.5. The number of carbonyl (C=O) groups excluding carboxylic acids is 1. The van der Waals surface area contributed by atoms with Crippen molar-refractivity contribution < 1.29 is 9.53 Å². The Morgan fingerprint density at radius 2 is 2.12 bits per heavy atom. The van der Waals surface area contributed by atoms with E-state index in [1.807, 2.05) is 18.2 Å². The van der Waals surface area contributed by atoms with Crippen LogP contribution in [-0.2, 0) is 4.74 Å². The van der Waals surface area contributed by atoms with Crippen LogP contribution in [0.4, 0.5) is 10.5 Å². The summed E-state index contributed by atoms with van der Waals surface area (Å²) in [5, 5.41) is 0. The second-order valence-electron chi connectivity index (χ2n) is 4.24. The number of hydrogen-bond acceptors (Lipinski definition) is 2. The minimum Gasteiger partial charge on any atom is -0.412 e. The van der Waals surface area contributed by atoms with E-state index < -0.39 is 0 Å². The number of cyclic esters (lactones) is 1. The third-order valence-corrected chi connectivity index (χ3v) is 3.42. The second kappa shape index (κ2) is 5.08. The molecule has 1 saturated heterocycles. The molecule has 1 aliphatic heterocycles. The topological polar surface area (TPSA) is 29.5 Å². The molecular formula is C13H14INO2. The maximum absolute atomic E-state index is 11.8. The van der Waals surface area contributed by atoms with Gasteiger partial charge in [-0.3, -0.25) is 4.90 Å². The summed E-state index contributed by atoms with van der Waals surface area (Å²) in [6, 6.07) is 7.96. The van der Waals surface area contributed by atoms with Gasteiger partial charge in [0.05, 0.1) is 12.2 Å². The average molecular weight is 343 g/mol. The number of hydrogen-bond donors (Lipinski definition) is 0. The summed E-state index contributed by atoms with van der Waals surface area (Å²) in [6.07, 6.45) is -0.291. The molecule has 17 heavy (non-hydrogen) atoms. The molecule has 1 fully saturated rings. The smallest absolute Gasteiger partial charge is 0.412 e. The Morgan fingerprint density at radius 1 is 1.41 bits per heavy atom. The highest BCUT2D eigenvalue weighted by molar-refractivity contribution is 14.1. The Morgan fingerprint density at radius 3 is 2.71 bits per heavy atom. The van der Waals surface area contributed by atoms with Gasteiger partial charge < -0.3 is 4.74 Å². The van der Waals surface area contributed by atoms with Crippen LogP contribution in [0, 0.1) is 0 Å². The molecule has 1 amide bonds. The number of benzene rings is 1. The number of nitrogens with zero attached hydrogens (tertiary/aromatic N) is 1. The zero-order valence-corrected chi connectivity index (χ0v) is 12.0. The largest absolute Gasteiger partial charge is 0.419 e.